The Morgan fingerprint density at radius 3 is 2.81 bits per heavy atom. The molecule has 0 amide bonds. The van der Waals surface area contributed by atoms with Gasteiger partial charge in [0.25, 0.3) is 0 Å². The summed E-state index contributed by atoms with van der Waals surface area (Å²) in [7, 11) is 0. The van der Waals surface area contributed by atoms with Gasteiger partial charge in [-0.15, -0.1) is 0 Å². The lowest BCUT2D eigenvalue weighted by Gasteiger charge is -2.11. The van der Waals surface area contributed by atoms with E-state index in [-0.39, 0.29) is 0 Å². The van der Waals surface area contributed by atoms with Gasteiger partial charge in [-0.05, 0) is 36.8 Å². The Morgan fingerprint density at radius 1 is 1.44 bits per heavy atom. The molecule has 1 aromatic heterocycles. The molecule has 0 unspecified atom stereocenters. The van der Waals surface area contributed by atoms with Gasteiger partial charge >= 0.3 is 0 Å². The number of aryl methyl sites for hydroxylation is 1. The van der Waals surface area contributed by atoms with Crippen LogP contribution >= 0.6 is 0 Å². The van der Waals surface area contributed by atoms with Gasteiger partial charge in [-0.25, -0.2) is 0 Å². The lowest BCUT2D eigenvalue weighted by Crippen LogP contribution is -1.97. The summed E-state index contributed by atoms with van der Waals surface area (Å²) in [5, 5.41) is 0. The highest BCUT2D eigenvalue weighted by Gasteiger charge is 2.03. The van der Waals surface area contributed by atoms with Gasteiger partial charge in [-0.3, -0.25) is 4.98 Å². The molecule has 0 saturated heterocycles. The third-order valence-electron chi connectivity index (χ3n) is 2.86. The first-order chi connectivity index (χ1) is 7.74. The van der Waals surface area contributed by atoms with Gasteiger partial charge in [-0.1, -0.05) is 44.9 Å². The maximum atomic E-state index is 4.15. The summed E-state index contributed by atoms with van der Waals surface area (Å²) < 4.78 is 0. The molecule has 0 radical (unpaired) electrons. The maximum Gasteiger partial charge on any atom is 0.0299 e. The summed E-state index contributed by atoms with van der Waals surface area (Å²) in [6.45, 7) is 6.80. The number of nitrogens with zero attached hydrogens (tertiary/aromatic N) is 1. The van der Waals surface area contributed by atoms with E-state index < -0.39 is 0 Å². The van der Waals surface area contributed by atoms with Crippen molar-refractivity contribution in [2.24, 2.45) is 5.92 Å². The predicted octanol–water partition coefficient (Wildman–Crippen LogP) is 4.40. The molecule has 0 aromatic carbocycles. The average molecular weight is 217 g/mol. The quantitative estimate of drug-likeness (QED) is 0.644. The first-order valence-corrected chi connectivity index (χ1v) is 6.31. The van der Waals surface area contributed by atoms with E-state index in [4.69, 9.17) is 0 Å². The van der Waals surface area contributed by atoms with Crippen LogP contribution < -0.4 is 0 Å². The molecule has 1 aromatic rings. The Hall–Kier alpha value is -1.11. The standard InChI is InChI=1S/C15H23N/c1-4-5-8-15(13(2)3)10-9-14-7-6-11-16-12-14/h6-8,11-13H,4-5,9-10H2,1-3H3. The summed E-state index contributed by atoms with van der Waals surface area (Å²) in [6.07, 6.45) is 11.0. The molecule has 1 nitrogen and oxygen atoms in total. The summed E-state index contributed by atoms with van der Waals surface area (Å²) in [5.41, 5.74) is 2.93. The van der Waals surface area contributed by atoms with E-state index >= 15 is 0 Å². The smallest absolute Gasteiger partial charge is 0.0299 e. The molecular weight excluding hydrogens is 194 g/mol. The van der Waals surface area contributed by atoms with E-state index in [1.807, 2.05) is 18.5 Å². The molecule has 0 aliphatic carbocycles. The molecule has 0 spiro atoms. The van der Waals surface area contributed by atoms with Crippen molar-refractivity contribution in [1.82, 2.24) is 4.98 Å². The summed E-state index contributed by atoms with van der Waals surface area (Å²) in [4.78, 5) is 4.15. The lowest BCUT2D eigenvalue weighted by molar-refractivity contribution is 0.699. The fourth-order valence-electron chi connectivity index (χ4n) is 1.79. The second-order valence-corrected chi connectivity index (χ2v) is 4.58. The molecule has 1 heteroatoms. The normalized spacial score (nSPS) is 12.1. The molecule has 0 N–H and O–H groups in total. The summed E-state index contributed by atoms with van der Waals surface area (Å²) in [5.74, 6) is 0.670. The van der Waals surface area contributed by atoms with Crippen LogP contribution in [0.1, 0.15) is 45.6 Å². The Labute approximate surface area is 99.6 Å². The van der Waals surface area contributed by atoms with Crippen molar-refractivity contribution in [1.29, 1.82) is 0 Å². The minimum atomic E-state index is 0.670. The fourth-order valence-corrected chi connectivity index (χ4v) is 1.79. The predicted molar refractivity (Wildman–Crippen MR) is 70.4 cm³/mol. The van der Waals surface area contributed by atoms with Gasteiger partial charge in [0.1, 0.15) is 0 Å². The molecule has 88 valence electrons. The first-order valence-electron chi connectivity index (χ1n) is 6.31. The number of aromatic nitrogens is 1. The minimum absolute atomic E-state index is 0.670. The number of pyridine rings is 1. The molecule has 0 fully saturated rings. The van der Waals surface area contributed by atoms with Gasteiger partial charge in [-0.2, -0.15) is 0 Å². The van der Waals surface area contributed by atoms with Crippen molar-refractivity contribution in [3.8, 4) is 0 Å². The van der Waals surface area contributed by atoms with E-state index in [1.165, 1.54) is 24.8 Å². The largest absolute Gasteiger partial charge is 0.264 e. The van der Waals surface area contributed by atoms with Crippen LogP contribution in [0.4, 0.5) is 0 Å². The van der Waals surface area contributed by atoms with Crippen LogP contribution in [0.5, 0.6) is 0 Å². The SMILES string of the molecule is CCCC=C(CCc1cccnc1)C(C)C. The van der Waals surface area contributed by atoms with Crippen LogP contribution in [0.15, 0.2) is 36.2 Å². The van der Waals surface area contributed by atoms with Crippen molar-refractivity contribution in [2.45, 2.75) is 46.5 Å². The van der Waals surface area contributed by atoms with Crippen LogP contribution in [0, 0.1) is 5.92 Å². The van der Waals surface area contributed by atoms with E-state index in [0.29, 0.717) is 5.92 Å². The zero-order valence-corrected chi connectivity index (χ0v) is 10.7. The molecule has 1 heterocycles. The molecule has 0 saturated carbocycles. The molecule has 0 aliphatic rings. The highest BCUT2D eigenvalue weighted by molar-refractivity contribution is 5.13. The van der Waals surface area contributed by atoms with Gasteiger partial charge in [0.2, 0.25) is 0 Å². The van der Waals surface area contributed by atoms with Gasteiger partial charge < -0.3 is 0 Å². The van der Waals surface area contributed by atoms with Crippen molar-refractivity contribution in [3.63, 3.8) is 0 Å². The van der Waals surface area contributed by atoms with E-state index in [9.17, 15) is 0 Å². The Balaban J connectivity index is 2.50. The van der Waals surface area contributed by atoms with Crippen LogP contribution in [0.2, 0.25) is 0 Å². The third kappa shape index (κ3) is 4.61. The maximum absolute atomic E-state index is 4.15. The topological polar surface area (TPSA) is 12.9 Å². The van der Waals surface area contributed by atoms with E-state index in [2.05, 4.69) is 37.9 Å². The number of allylic oxidation sites excluding steroid dienone is 2. The minimum Gasteiger partial charge on any atom is -0.264 e. The fraction of sp³-hybridized carbons (Fsp3) is 0.533. The molecule has 0 atom stereocenters. The molecular formula is C15H23N. The van der Waals surface area contributed by atoms with E-state index in [0.717, 1.165) is 6.42 Å². The van der Waals surface area contributed by atoms with Crippen molar-refractivity contribution in [3.05, 3.63) is 41.7 Å². The first kappa shape index (κ1) is 13.0. The Bertz CT molecular complexity index is 311. The Kier molecular flexibility index (Phi) is 5.84. The van der Waals surface area contributed by atoms with Gasteiger partial charge in [0, 0.05) is 12.4 Å². The zero-order valence-electron chi connectivity index (χ0n) is 10.7. The van der Waals surface area contributed by atoms with Crippen molar-refractivity contribution in [2.75, 3.05) is 0 Å². The number of rotatable bonds is 6. The Morgan fingerprint density at radius 2 is 2.25 bits per heavy atom. The zero-order chi connectivity index (χ0) is 11.8. The number of hydrogen-bond donors (Lipinski definition) is 0. The number of hydrogen-bond acceptors (Lipinski definition) is 1. The summed E-state index contributed by atoms with van der Waals surface area (Å²) >= 11 is 0. The van der Waals surface area contributed by atoms with Crippen molar-refractivity contribution >= 4 is 0 Å². The highest BCUT2D eigenvalue weighted by atomic mass is 14.6. The van der Waals surface area contributed by atoms with Gasteiger partial charge in [0.15, 0.2) is 0 Å². The second kappa shape index (κ2) is 7.21. The summed E-state index contributed by atoms with van der Waals surface area (Å²) in [6, 6.07) is 4.17. The van der Waals surface area contributed by atoms with E-state index in [1.54, 1.807) is 5.57 Å². The van der Waals surface area contributed by atoms with Gasteiger partial charge in [0.05, 0.1) is 0 Å². The average Bonchev–Trinajstić information content (AvgIpc) is 2.30. The monoisotopic (exact) mass is 217 g/mol. The van der Waals surface area contributed by atoms with Crippen LogP contribution in [-0.2, 0) is 6.42 Å². The lowest BCUT2D eigenvalue weighted by atomic mass is 9.95. The second-order valence-electron chi connectivity index (χ2n) is 4.58. The van der Waals surface area contributed by atoms with Crippen LogP contribution in [0.25, 0.3) is 0 Å². The molecule has 0 bridgehead atoms. The van der Waals surface area contributed by atoms with Crippen LogP contribution in [-0.4, -0.2) is 4.98 Å². The molecule has 16 heavy (non-hydrogen) atoms. The number of unbranched alkanes of at least 4 members (excludes halogenated alkanes) is 1. The molecule has 1 rings (SSSR count). The van der Waals surface area contributed by atoms with Crippen molar-refractivity contribution < 1.29 is 0 Å². The highest BCUT2D eigenvalue weighted by Crippen LogP contribution is 2.17. The van der Waals surface area contributed by atoms with Crippen LogP contribution in [0.3, 0.4) is 0 Å². The third-order valence-corrected chi connectivity index (χ3v) is 2.86. The molecule has 0 aliphatic heterocycles.